The molecule has 0 atom stereocenters. The van der Waals surface area contributed by atoms with Crippen LogP contribution in [0.1, 0.15) is 60.0 Å². The molecule has 0 saturated heterocycles. The molecule has 0 rings (SSSR count). The van der Waals surface area contributed by atoms with Crippen molar-refractivity contribution in [3.63, 3.8) is 0 Å². The van der Waals surface area contributed by atoms with Gasteiger partial charge >= 0.3 is 0 Å². The van der Waals surface area contributed by atoms with Gasteiger partial charge in [0, 0.05) is 8.22 Å². The minimum atomic E-state index is -2.67. The lowest BCUT2D eigenvalue weighted by Crippen LogP contribution is -1.97. The van der Waals surface area contributed by atoms with Crippen molar-refractivity contribution in [2.75, 3.05) is 6.50 Å². The monoisotopic (exact) mass is 149 g/mol. The van der Waals surface area contributed by atoms with Crippen LogP contribution >= 0.6 is 0 Å². The summed E-state index contributed by atoms with van der Waals surface area (Å²) in [6, 6.07) is 0. The Bertz CT molecular complexity index is 211. The van der Waals surface area contributed by atoms with Crippen molar-refractivity contribution < 1.29 is 8.22 Å². The minimum absolute atomic E-state index is 0.00326. The molecule has 0 aliphatic heterocycles. The first-order chi connectivity index (χ1) is 7.06. The Balaban J connectivity index is 4.41. The fourth-order valence-corrected chi connectivity index (χ4v) is 0.754. The van der Waals surface area contributed by atoms with E-state index < -0.39 is 19.2 Å². The largest absolute Gasteiger partial charge is 0.330 e. The Morgan fingerprint density at radius 2 is 1.80 bits per heavy atom. The Labute approximate surface area is 73.4 Å². The molecule has 0 aliphatic rings. The molecule has 0 heterocycles. The van der Waals surface area contributed by atoms with Crippen molar-refractivity contribution in [2.24, 2.45) is 5.73 Å². The van der Waals surface area contributed by atoms with E-state index >= 15 is 0 Å². The predicted molar refractivity (Wildman–Crippen MR) is 47.0 cm³/mol. The lowest BCUT2D eigenvalue weighted by molar-refractivity contribution is 0.593. The molecule has 0 aromatic carbocycles. The second-order valence-corrected chi connectivity index (χ2v) is 2.26. The smallest absolute Gasteiger partial charge is 0.0425 e. The summed E-state index contributed by atoms with van der Waals surface area (Å²) < 4.78 is 44.4. The number of unbranched alkanes of at least 4 members (excludes halogenated alkanes) is 3. The van der Waals surface area contributed by atoms with Gasteiger partial charge in [0.05, 0.1) is 0 Å². The summed E-state index contributed by atoms with van der Waals surface area (Å²) in [6.07, 6.45) is -1.53. The standard InChI is InChI=1S/C9H21N/c1-2-3-4-5-6-7-8-9-10/h2-10H2,1H3/i7D2,8D2,9D2. The number of rotatable bonds is 7. The molecule has 0 saturated carbocycles. The summed E-state index contributed by atoms with van der Waals surface area (Å²) in [4.78, 5) is 0. The van der Waals surface area contributed by atoms with Crippen LogP contribution in [-0.4, -0.2) is 6.50 Å². The van der Waals surface area contributed by atoms with Gasteiger partial charge in [-0.2, -0.15) is 0 Å². The quantitative estimate of drug-likeness (QED) is 0.553. The topological polar surface area (TPSA) is 26.0 Å². The van der Waals surface area contributed by atoms with Gasteiger partial charge in [-0.25, -0.2) is 0 Å². The number of hydrogen-bond donors (Lipinski definition) is 1. The average Bonchev–Trinajstić information content (AvgIpc) is 2.10. The van der Waals surface area contributed by atoms with Crippen LogP contribution in [0.25, 0.3) is 0 Å². The van der Waals surface area contributed by atoms with Gasteiger partial charge in [-0.3, -0.25) is 0 Å². The second-order valence-electron chi connectivity index (χ2n) is 2.26. The van der Waals surface area contributed by atoms with Crippen LogP contribution in [0.15, 0.2) is 0 Å². The highest BCUT2D eigenvalue weighted by atomic mass is 14.5. The van der Waals surface area contributed by atoms with Crippen molar-refractivity contribution in [3.05, 3.63) is 0 Å². The van der Waals surface area contributed by atoms with Gasteiger partial charge in [-0.1, -0.05) is 45.4 Å². The molecular formula is C9H21N. The Kier molecular flexibility index (Phi) is 3.20. The first-order valence-corrected chi connectivity index (χ1v) is 3.85. The fourth-order valence-electron chi connectivity index (χ4n) is 0.754. The van der Waals surface area contributed by atoms with Gasteiger partial charge in [0.25, 0.3) is 0 Å². The molecular weight excluding hydrogens is 122 g/mol. The summed E-state index contributed by atoms with van der Waals surface area (Å²) in [5.41, 5.74) is 5.05. The summed E-state index contributed by atoms with van der Waals surface area (Å²) in [5, 5.41) is 0. The van der Waals surface area contributed by atoms with Gasteiger partial charge in [0.1, 0.15) is 0 Å². The van der Waals surface area contributed by atoms with Crippen LogP contribution in [0.5, 0.6) is 0 Å². The zero-order chi connectivity index (χ0) is 13.0. The molecule has 0 amide bonds. The molecule has 0 bridgehead atoms. The lowest BCUT2D eigenvalue weighted by atomic mass is 10.1. The van der Waals surface area contributed by atoms with Crippen LogP contribution in [0.2, 0.25) is 0 Å². The molecule has 0 radical (unpaired) electrons. The third-order valence-electron chi connectivity index (χ3n) is 1.32. The zero-order valence-corrected chi connectivity index (χ0v) is 6.61. The van der Waals surface area contributed by atoms with E-state index in [1.807, 2.05) is 6.92 Å². The molecule has 0 aromatic rings. The van der Waals surface area contributed by atoms with E-state index in [4.69, 9.17) is 14.0 Å². The lowest BCUT2D eigenvalue weighted by Gasteiger charge is -1.97. The van der Waals surface area contributed by atoms with E-state index in [9.17, 15) is 0 Å². The summed E-state index contributed by atoms with van der Waals surface area (Å²) in [7, 11) is 0. The van der Waals surface area contributed by atoms with Crippen LogP contribution < -0.4 is 5.73 Å². The zero-order valence-electron chi connectivity index (χ0n) is 12.6. The SMILES string of the molecule is [2H]C([2H])(N)C([2H])([2H])C([2H])([2H])CCCCCC. The van der Waals surface area contributed by atoms with Gasteiger partial charge in [0.15, 0.2) is 0 Å². The van der Waals surface area contributed by atoms with Gasteiger partial charge in [0.2, 0.25) is 0 Å². The molecule has 0 aliphatic carbocycles. The summed E-state index contributed by atoms with van der Waals surface area (Å²) in [6.45, 7) is -0.631. The van der Waals surface area contributed by atoms with Gasteiger partial charge in [-0.05, 0) is 12.9 Å². The summed E-state index contributed by atoms with van der Waals surface area (Å²) >= 11 is 0. The molecule has 62 valence electrons. The minimum Gasteiger partial charge on any atom is -0.330 e. The van der Waals surface area contributed by atoms with Gasteiger partial charge < -0.3 is 5.73 Å². The van der Waals surface area contributed by atoms with Crippen LogP contribution in [0.4, 0.5) is 0 Å². The molecule has 0 unspecified atom stereocenters. The Hall–Kier alpha value is -0.0400. The molecule has 0 aromatic heterocycles. The van der Waals surface area contributed by atoms with Crippen molar-refractivity contribution in [1.82, 2.24) is 0 Å². The van der Waals surface area contributed by atoms with Gasteiger partial charge in [-0.15, -0.1) is 0 Å². The first-order valence-electron chi connectivity index (χ1n) is 6.85. The van der Waals surface area contributed by atoms with Crippen molar-refractivity contribution >= 4 is 0 Å². The molecule has 2 N–H and O–H groups in total. The highest BCUT2D eigenvalue weighted by Crippen LogP contribution is 2.05. The summed E-state index contributed by atoms with van der Waals surface area (Å²) in [5.74, 6) is 0. The Morgan fingerprint density at radius 3 is 2.40 bits per heavy atom. The van der Waals surface area contributed by atoms with E-state index in [1.165, 1.54) is 0 Å². The molecule has 0 fully saturated rings. The van der Waals surface area contributed by atoms with Crippen LogP contribution in [0, 0.1) is 0 Å². The van der Waals surface area contributed by atoms with E-state index in [1.54, 1.807) is 0 Å². The number of nitrogens with two attached hydrogens (primary N) is 1. The van der Waals surface area contributed by atoms with Crippen LogP contribution in [-0.2, 0) is 0 Å². The van der Waals surface area contributed by atoms with Crippen molar-refractivity contribution in [1.29, 1.82) is 0 Å². The highest BCUT2D eigenvalue weighted by molar-refractivity contribution is 4.44. The maximum atomic E-state index is 7.59. The predicted octanol–water partition coefficient (Wildman–Crippen LogP) is 2.70. The molecule has 1 heteroatoms. The third-order valence-corrected chi connectivity index (χ3v) is 1.32. The second kappa shape index (κ2) is 8.96. The maximum Gasteiger partial charge on any atom is 0.0425 e. The molecule has 1 nitrogen and oxygen atoms in total. The van der Waals surface area contributed by atoms with E-state index in [0.29, 0.717) is 6.42 Å². The fraction of sp³-hybridized carbons (Fsp3) is 1.00. The van der Waals surface area contributed by atoms with Crippen molar-refractivity contribution in [3.8, 4) is 0 Å². The maximum absolute atomic E-state index is 7.59. The normalized spacial score (nSPS) is 23.4. The molecule has 0 spiro atoms. The highest BCUT2D eigenvalue weighted by Gasteiger charge is 1.87. The third kappa shape index (κ3) is 7.96. The van der Waals surface area contributed by atoms with Crippen LogP contribution in [0.3, 0.4) is 0 Å². The average molecular weight is 149 g/mol. The van der Waals surface area contributed by atoms with E-state index in [-0.39, 0.29) is 6.42 Å². The molecule has 10 heavy (non-hydrogen) atoms. The number of hydrogen-bond acceptors (Lipinski definition) is 1. The first kappa shape index (κ1) is 3.57. The van der Waals surface area contributed by atoms with Crippen molar-refractivity contribution in [2.45, 2.75) is 51.8 Å². The van der Waals surface area contributed by atoms with E-state index in [2.05, 4.69) is 0 Å². The Morgan fingerprint density at radius 1 is 1.10 bits per heavy atom. The van der Waals surface area contributed by atoms with E-state index in [0.717, 1.165) is 19.3 Å².